The molecule has 5 nitrogen and oxygen atoms in total. The quantitative estimate of drug-likeness (QED) is 0.196. The first kappa shape index (κ1) is 10.0. The van der Waals surface area contributed by atoms with Crippen LogP contribution in [0.1, 0.15) is 14.3 Å². The van der Waals surface area contributed by atoms with Gasteiger partial charge in [-0.25, -0.2) is 0 Å². The van der Waals surface area contributed by atoms with Gasteiger partial charge in [0.1, 0.15) is 0 Å². The maximum atomic E-state index is 10.4. The van der Waals surface area contributed by atoms with Gasteiger partial charge >= 0.3 is 29.6 Å². The molecule has 6 heteroatoms. The molecule has 0 atom stereocenters. The van der Waals surface area contributed by atoms with Gasteiger partial charge in [0.25, 0.3) is 0 Å². The van der Waals surface area contributed by atoms with Crippen molar-refractivity contribution in [1.29, 1.82) is 0 Å². The summed E-state index contributed by atoms with van der Waals surface area (Å²) in [5.41, 5.74) is 0. The Hall–Kier alpha value is 0.0000000000000000555. The molecule has 1 aliphatic rings. The third-order valence-corrected chi connectivity index (χ3v) is 1.40. The standard InChI is InChI=1S/C4H9N3O2.Na.H/c8-5-7(9)6-3-1-2-4-6;;/h8H,1-4H2;;/q;+1;-1. The van der Waals surface area contributed by atoms with Crippen LogP contribution in [0, 0.1) is 5.21 Å². The molecule has 10 heavy (non-hydrogen) atoms. The molecule has 0 amide bonds. The molecule has 0 spiro atoms. The molecule has 0 aromatic heterocycles. The summed E-state index contributed by atoms with van der Waals surface area (Å²) in [6.07, 6.45) is 2.02. The van der Waals surface area contributed by atoms with E-state index < -0.39 is 0 Å². The molecule has 1 rings (SSSR count). The first-order valence-corrected chi connectivity index (χ1v) is 2.92. The summed E-state index contributed by atoms with van der Waals surface area (Å²) in [5, 5.41) is 22.4. The minimum atomic E-state index is 0. The van der Waals surface area contributed by atoms with E-state index in [1.54, 1.807) is 0 Å². The van der Waals surface area contributed by atoms with Crippen LogP contribution >= 0.6 is 0 Å². The van der Waals surface area contributed by atoms with Crippen molar-refractivity contribution in [3.05, 3.63) is 5.21 Å². The Balaban J connectivity index is 0. The summed E-state index contributed by atoms with van der Waals surface area (Å²) in [6.45, 7) is 1.40. The molecule has 0 unspecified atom stereocenters. The average Bonchev–Trinajstić information content (AvgIpc) is 2.37. The minimum absolute atomic E-state index is 0. The Kier molecular flexibility index (Phi) is 4.76. The van der Waals surface area contributed by atoms with Crippen LogP contribution < -0.4 is 29.6 Å². The number of hydrogen-bond acceptors (Lipinski definition) is 2. The van der Waals surface area contributed by atoms with Gasteiger partial charge in [0.2, 0.25) is 5.28 Å². The first-order valence-electron chi connectivity index (χ1n) is 2.92. The van der Waals surface area contributed by atoms with E-state index in [0.717, 1.165) is 12.8 Å². The second kappa shape index (κ2) is 4.76. The summed E-state index contributed by atoms with van der Waals surface area (Å²) in [5.74, 6) is 0. The number of rotatable bonds is 1. The van der Waals surface area contributed by atoms with Gasteiger partial charge in [0.15, 0.2) is 0 Å². The van der Waals surface area contributed by atoms with Gasteiger partial charge in [0, 0.05) is 0 Å². The van der Waals surface area contributed by atoms with Crippen molar-refractivity contribution in [3.63, 3.8) is 0 Å². The Bertz CT molecular complexity index is 129. The van der Waals surface area contributed by atoms with Crippen molar-refractivity contribution in [1.82, 2.24) is 5.01 Å². The molecular weight excluding hydrogens is 145 g/mol. The maximum Gasteiger partial charge on any atom is 1.00 e. The van der Waals surface area contributed by atoms with Crippen molar-refractivity contribution < 1.29 is 41.2 Å². The van der Waals surface area contributed by atoms with Crippen molar-refractivity contribution in [2.75, 3.05) is 13.1 Å². The molecule has 0 saturated carbocycles. The summed E-state index contributed by atoms with van der Waals surface area (Å²) in [7, 11) is 0. The van der Waals surface area contributed by atoms with Crippen LogP contribution in [0.3, 0.4) is 0 Å². The van der Waals surface area contributed by atoms with E-state index >= 15 is 0 Å². The van der Waals surface area contributed by atoms with Crippen LogP contribution in [0.15, 0.2) is 5.28 Å². The van der Waals surface area contributed by atoms with Gasteiger partial charge in [-0.2, -0.15) is 0 Å². The van der Waals surface area contributed by atoms with E-state index in [1.165, 1.54) is 5.01 Å². The van der Waals surface area contributed by atoms with Crippen LogP contribution in [0.2, 0.25) is 0 Å². The summed E-state index contributed by atoms with van der Waals surface area (Å²) >= 11 is 0. The molecule has 1 N–H and O–H groups in total. The van der Waals surface area contributed by atoms with E-state index in [0.29, 0.717) is 13.1 Å². The number of hydrazine groups is 1. The number of hydrogen-bond donors (Lipinski definition) is 1. The molecule has 0 bridgehead atoms. The molecule has 0 radical (unpaired) electrons. The van der Waals surface area contributed by atoms with Crippen molar-refractivity contribution in [2.24, 2.45) is 5.28 Å². The molecule has 1 heterocycles. The van der Waals surface area contributed by atoms with Gasteiger partial charge in [-0.05, 0) is 12.8 Å². The van der Waals surface area contributed by atoms with Crippen LogP contribution in [-0.2, 0) is 0 Å². The van der Waals surface area contributed by atoms with Gasteiger partial charge in [-0.15, -0.1) is 5.01 Å². The molecule has 54 valence electrons. The summed E-state index contributed by atoms with van der Waals surface area (Å²) in [6, 6.07) is 0. The fourth-order valence-electron chi connectivity index (χ4n) is 0.928. The molecule has 0 aromatic carbocycles. The molecule has 1 aliphatic heterocycles. The zero-order valence-corrected chi connectivity index (χ0v) is 8.03. The summed E-state index contributed by atoms with van der Waals surface area (Å²) in [4.78, 5) is 0.229. The Labute approximate surface area is 82.6 Å². The SMILES string of the molecule is [H-].[Na+].[O-][N+](=NO)N1CCCC1. The predicted octanol–water partition coefficient (Wildman–Crippen LogP) is -2.53. The Morgan fingerprint density at radius 3 is 2.40 bits per heavy atom. The van der Waals surface area contributed by atoms with E-state index in [4.69, 9.17) is 5.21 Å². The minimum Gasteiger partial charge on any atom is -1.00 e. The topological polar surface area (TPSA) is 61.9 Å². The van der Waals surface area contributed by atoms with E-state index in [-0.39, 0.29) is 36.0 Å². The van der Waals surface area contributed by atoms with Crippen LogP contribution in [0.5, 0.6) is 0 Å². The van der Waals surface area contributed by atoms with Gasteiger partial charge in [-0.1, -0.05) is 0 Å². The molecule has 1 saturated heterocycles. The van der Waals surface area contributed by atoms with Gasteiger partial charge in [-0.3, -0.25) is 0 Å². The van der Waals surface area contributed by atoms with E-state index in [9.17, 15) is 5.21 Å². The van der Waals surface area contributed by atoms with Crippen LogP contribution in [0.25, 0.3) is 0 Å². The largest absolute Gasteiger partial charge is 1.00 e. The fourth-order valence-corrected chi connectivity index (χ4v) is 0.928. The third kappa shape index (κ3) is 2.32. The van der Waals surface area contributed by atoms with Crippen molar-refractivity contribution >= 4 is 0 Å². The number of nitrogens with zero attached hydrogens (tertiary/aromatic N) is 3. The first-order chi connectivity index (χ1) is 4.34. The molecule has 0 aliphatic carbocycles. The zero-order chi connectivity index (χ0) is 6.69. The van der Waals surface area contributed by atoms with E-state index in [1.807, 2.05) is 0 Å². The normalized spacial score (nSPS) is 18.8. The van der Waals surface area contributed by atoms with Gasteiger partial charge in [0.05, 0.1) is 18.1 Å². The van der Waals surface area contributed by atoms with E-state index in [2.05, 4.69) is 5.28 Å². The molecular formula is C4H10N3NaO2. The second-order valence-electron chi connectivity index (χ2n) is 2.00. The summed E-state index contributed by atoms with van der Waals surface area (Å²) < 4.78 is 0. The Morgan fingerprint density at radius 2 is 2.00 bits per heavy atom. The van der Waals surface area contributed by atoms with Crippen molar-refractivity contribution in [3.8, 4) is 0 Å². The monoisotopic (exact) mass is 155 g/mol. The van der Waals surface area contributed by atoms with Gasteiger partial charge < -0.3 is 11.8 Å². The fraction of sp³-hybridized carbons (Fsp3) is 1.00. The predicted molar refractivity (Wildman–Crippen MR) is 29.8 cm³/mol. The maximum absolute atomic E-state index is 10.4. The Morgan fingerprint density at radius 1 is 1.50 bits per heavy atom. The smallest absolute Gasteiger partial charge is 1.00 e. The molecule has 1 fully saturated rings. The zero-order valence-electron chi connectivity index (χ0n) is 7.03. The second-order valence-corrected chi connectivity index (χ2v) is 2.00. The van der Waals surface area contributed by atoms with Crippen LogP contribution in [0.4, 0.5) is 0 Å². The third-order valence-electron chi connectivity index (χ3n) is 1.40. The average molecular weight is 155 g/mol. The van der Waals surface area contributed by atoms with Crippen LogP contribution in [-0.4, -0.2) is 28.3 Å². The molecule has 0 aromatic rings. The van der Waals surface area contributed by atoms with Crippen molar-refractivity contribution in [2.45, 2.75) is 12.8 Å².